The molecule has 0 unspecified atom stereocenters. The number of hydrogen-bond donors (Lipinski definition) is 0. The summed E-state index contributed by atoms with van der Waals surface area (Å²) in [5, 5.41) is 1.23. The molecule has 3 aromatic heterocycles. The van der Waals surface area contributed by atoms with Gasteiger partial charge in [-0.3, -0.25) is 9.97 Å². The summed E-state index contributed by atoms with van der Waals surface area (Å²) in [5.74, 6) is 1.76. The second-order valence-corrected chi connectivity index (χ2v) is 9.11. The topological polar surface area (TPSA) is 38.7 Å². The highest BCUT2D eigenvalue weighted by atomic mass is 32.1. The molecule has 4 rings (SSSR count). The van der Waals surface area contributed by atoms with Gasteiger partial charge in [0.25, 0.3) is 0 Å². The van der Waals surface area contributed by atoms with Gasteiger partial charge < -0.3 is 0 Å². The maximum absolute atomic E-state index is 4.53. The Kier molecular flexibility index (Phi) is 9.62. The van der Waals surface area contributed by atoms with Crippen LogP contribution in [0.15, 0.2) is 73.3 Å². The molecular weight excluding hydrogens is 386 g/mol. The molecule has 0 N–H and O–H groups in total. The van der Waals surface area contributed by atoms with Crippen LogP contribution in [0, 0.1) is 0 Å². The highest BCUT2D eigenvalue weighted by Crippen LogP contribution is 2.26. The molecular formula is C26H33N3S. The standard InChI is InChI=1S/C10H11NS.2C8H11N/c1-7(2)10-11-8-5-3-4-6-9(8)12-10;1-7(2)8-3-5-9-6-4-8;1-7(2)8-4-3-5-9-6-8/h3-7H,1-2H3;2*3-7H,1-2H3. The zero-order valence-corrected chi connectivity index (χ0v) is 19.7. The van der Waals surface area contributed by atoms with Gasteiger partial charge in [0.15, 0.2) is 0 Å². The van der Waals surface area contributed by atoms with Gasteiger partial charge in [-0.05, 0) is 53.3 Å². The molecule has 0 saturated carbocycles. The highest BCUT2D eigenvalue weighted by molar-refractivity contribution is 7.18. The van der Waals surface area contributed by atoms with Crippen molar-refractivity contribution in [2.75, 3.05) is 0 Å². The minimum absolute atomic E-state index is 0.544. The molecule has 0 aliphatic carbocycles. The van der Waals surface area contributed by atoms with E-state index < -0.39 is 0 Å². The van der Waals surface area contributed by atoms with Crippen LogP contribution in [0.3, 0.4) is 0 Å². The summed E-state index contributed by atoms with van der Waals surface area (Å²) in [6.45, 7) is 13.0. The molecule has 3 nitrogen and oxygen atoms in total. The molecule has 30 heavy (non-hydrogen) atoms. The van der Waals surface area contributed by atoms with E-state index in [1.165, 1.54) is 20.8 Å². The Bertz CT molecular complexity index is 900. The van der Waals surface area contributed by atoms with Gasteiger partial charge >= 0.3 is 0 Å². The minimum atomic E-state index is 0.544. The van der Waals surface area contributed by atoms with Crippen LogP contribution in [0.25, 0.3) is 10.2 Å². The lowest BCUT2D eigenvalue weighted by Crippen LogP contribution is -1.85. The van der Waals surface area contributed by atoms with E-state index in [0.717, 1.165) is 5.52 Å². The summed E-state index contributed by atoms with van der Waals surface area (Å²) in [5.41, 5.74) is 3.79. The molecule has 0 atom stereocenters. The van der Waals surface area contributed by atoms with Crippen LogP contribution < -0.4 is 0 Å². The number of para-hydroxylation sites is 1. The molecule has 0 aliphatic rings. The molecule has 0 saturated heterocycles. The fraction of sp³-hybridized carbons (Fsp3) is 0.346. The van der Waals surface area contributed by atoms with Gasteiger partial charge in [-0.15, -0.1) is 11.3 Å². The number of hydrogen-bond acceptors (Lipinski definition) is 4. The molecule has 0 spiro atoms. The van der Waals surface area contributed by atoms with Gasteiger partial charge in [0.1, 0.15) is 0 Å². The molecule has 1 aromatic carbocycles. The van der Waals surface area contributed by atoms with Crippen molar-refractivity contribution in [2.45, 2.75) is 59.3 Å². The van der Waals surface area contributed by atoms with Gasteiger partial charge in [0.2, 0.25) is 0 Å². The third-order valence-corrected chi connectivity index (χ3v) is 5.87. The van der Waals surface area contributed by atoms with Crippen molar-refractivity contribution < 1.29 is 0 Å². The lowest BCUT2D eigenvalue weighted by atomic mass is 10.1. The van der Waals surface area contributed by atoms with E-state index in [4.69, 9.17) is 0 Å². The molecule has 0 radical (unpaired) electrons. The van der Waals surface area contributed by atoms with Crippen molar-refractivity contribution in [1.29, 1.82) is 0 Å². The number of benzene rings is 1. The highest BCUT2D eigenvalue weighted by Gasteiger charge is 2.05. The molecule has 4 aromatic rings. The minimum Gasteiger partial charge on any atom is -0.265 e. The summed E-state index contributed by atoms with van der Waals surface area (Å²) in [7, 11) is 0. The molecule has 0 amide bonds. The van der Waals surface area contributed by atoms with Gasteiger partial charge in [-0.25, -0.2) is 4.98 Å². The van der Waals surface area contributed by atoms with Crippen LogP contribution in [0.2, 0.25) is 0 Å². The first-order valence-electron chi connectivity index (χ1n) is 10.5. The quantitative estimate of drug-likeness (QED) is 0.339. The van der Waals surface area contributed by atoms with Gasteiger partial charge in [0, 0.05) is 30.7 Å². The van der Waals surface area contributed by atoms with Crippen molar-refractivity contribution in [1.82, 2.24) is 15.0 Å². The Hall–Kier alpha value is -2.59. The maximum atomic E-state index is 4.53. The third kappa shape index (κ3) is 7.68. The summed E-state index contributed by atoms with van der Waals surface area (Å²) in [6, 6.07) is 16.4. The maximum Gasteiger partial charge on any atom is 0.0963 e. The lowest BCUT2D eigenvalue weighted by molar-refractivity contribution is 0.857. The Morgan fingerprint density at radius 1 is 0.633 bits per heavy atom. The second-order valence-electron chi connectivity index (χ2n) is 8.05. The molecule has 0 aliphatic heterocycles. The zero-order chi connectivity index (χ0) is 21.9. The van der Waals surface area contributed by atoms with Crippen LogP contribution in [-0.2, 0) is 0 Å². The number of aromatic nitrogens is 3. The van der Waals surface area contributed by atoms with Crippen LogP contribution >= 0.6 is 11.3 Å². The molecule has 0 fully saturated rings. The molecule has 4 heteroatoms. The normalized spacial score (nSPS) is 10.6. The monoisotopic (exact) mass is 419 g/mol. The van der Waals surface area contributed by atoms with Crippen molar-refractivity contribution in [2.24, 2.45) is 0 Å². The summed E-state index contributed by atoms with van der Waals surface area (Å²) in [6.07, 6.45) is 7.36. The largest absolute Gasteiger partial charge is 0.265 e. The number of rotatable bonds is 3. The Balaban J connectivity index is 0.000000163. The van der Waals surface area contributed by atoms with Crippen molar-refractivity contribution in [3.8, 4) is 0 Å². The van der Waals surface area contributed by atoms with Gasteiger partial charge in [0.05, 0.1) is 15.2 Å². The van der Waals surface area contributed by atoms with E-state index >= 15 is 0 Å². The van der Waals surface area contributed by atoms with E-state index in [9.17, 15) is 0 Å². The number of pyridine rings is 2. The Labute approximate surface area is 185 Å². The zero-order valence-electron chi connectivity index (χ0n) is 18.9. The SMILES string of the molecule is CC(C)c1cccnc1.CC(C)c1ccncc1.CC(C)c1nc2ccccc2s1. The smallest absolute Gasteiger partial charge is 0.0963 e. The second kappa shape index (κ2) is 12.2. The Morgan fingerprint density at radius 2 is 1.30 bits per heavy atom. The summed E-state index contributed by atoms with van der Waals surface area (Å²) >= 11 is 1.79. The van der Waals surface area contributed by atoms with Crippen LogP contribution in [-0.4, -0.2) is 15.0 Å². The van der Waals surface area contributed by atoms with E-state index in [2.05, 4.69) is 80.8 Å². The number of thiazole rings is 1. The first-order chi connectivity index (χ1) is 14.4. The fourth-order valence-corrected chi connectivity index (χ4v) is 3.57. The van der Waals surface area contributed by atoms with E-state index in [-0.39, 0.29) is 0 Å². The molecule has 0 bridgehead atoms. The first-order valence-corrected chi connectivity index (χ1v) is 11.4. The average Bonchev–Trinajstić information content (AvgIpc) is 3.21. The third-order valence-electron chi connectivity index (χ3n) is 4.53. The predicted octanol–water partition coefficient (Wildman–Crippen LogP) is 7.83. The van der Waals surface area contributed by atoms with Gasteiger partial charge in [-0.1, -0.05) is 59.7 Å². The van der Waals surface area contributed by atoms with Crippen molar-refractivity contribution in [3.05, 3.63) is 89.5 Å². The fourth-order valence-electron chi connectivity index (χ4n) is 2.60. The van der Waals surface area contributed by atoms with E-state index in [1.54, 1.807) is 17.5 Å². The van der Waals surface area contributed by atoms with Crippen molar-refractivity contribution in [3.63, 3.8) is 0 Å². The van der Waals surface area contributed by atoms with Crippen LogP contribution in [0.1, 0.15) is 75.4 Å². The first kappa shape index (κ1) is 23.7. The summed E-state index contributed by atoms with van der Waals surface area (Å²) < 4.78 is 1.29. The van der Waals surface area contributed by atoms with E-state index in [1.807, 2.05) is 42.9 Å². The van der Waals surface area contributed by atoms with Crippen molar-refractivity contribution >= 4 is 21.6 Å². The Morgan fingerprint density at radius 3 is 1.77 bits per heavy atom. The van der Waals surface area contributed by atoms with Crippen LogP contribution in [0.5, 0.6) is 0 Å². The van der Waals surface area contributed by atoms with Gasteiger partial charge in [-0.2, -0.15) is 0 Å². The molecule has 158 valence electrons. The van der Waals surface area contributed by atoms with Crippen LogP contribution in [0.4, 0.5) is 0 Å². The number of fused-ring (bicyclic) bond motifs is 1. The predicted molar refractivity (Wildman–Crippen MR) is 130 cm³/mol. The van der Waals surface area contributed by atoms with E-state index in [0.29, 0.717) is 17.8 Å². The average molecular weight is 420 g/mol. The lowest BCUT2D eigenvalue weighted by Gasteiger charge is -2.01. The summed E-state index contributed by atoms with van der Waals surface area (Å²) in [4.78, 5) is 12.5. The molecule has 3 heterocycles. The number of nitrogens with zero attached hydrogens (tertiary/aromatic N) is 3.